The topological polar surface area (TPSA) is 59.8 Å². The van der Waals surface area contributed by atoms with Crippen molar-refractivity contribution in [1.29, 1.82) is 0 Å². The molecule has 2 heterocycles. The fourth-order valence-electron chi connectivity index (χ4n) is 1.45. The van der Waals surface area contributed by atoms with Crippen LogP contribution in [-0.4, -0.2) is 20.7 Å². The van der Waals surface area contributed by atoms with E-state index in [9.17, 15) is 4.79 Å². The summed E-state index contributed by atoms with van der Waals surface area (Å²) in [6.07, 6.45) is 0. The number of carbonyl (C=O) groups is 1. The number of nitrogens with one attached hydrogen (secondary N) is 1. The molecule has 90 valence electrons. The van der Waals surface area contributed by atoms with E-state index >= 15 is 0 Å². The molecular formula is C10H11ClN4OS. The van der Waals surface area contributed by atoms with Crippen LogP contribution in [0.5, 0.6) is 0 Å². The summed E-state index contributed by atoms with van der Waals surface area (Å²) in [5.74, 6) is -0.299. The maximum atomic E-state index is 12.0. The first-order chi connectivity index (χ1) is 7.99. The van der Waals surface area contributed by atoms with Gasteiger partial charge in [0.1, 0.15) is 5.69 Å². The van der Waals surface area contributed by atoms with Gasteiger partial charge < -0.3 is 0 Å². The Balaban J connectivity index is 2.26. The average Bonchev–Trinajstić information content (AvgIpc) is 2.73. The minimum Gasteiger partial charge on any atom is -0.296 e. The van der Waals surface area contributed by atoms with Gasteiger partial charge in [0.05, 0.1) is 16.4 Å². The predicted molar refractivity (Wildman–Crippen MR) is 67.8 cm³/mol. The van der Waals surface area contributed by atoms with Gasteiger partial charge in [-0.05, 0) is 13.8 Å². The van der Waals surface area contributed by atoms with Crippen molar-refractivity contribution in [3.63, 3.8) is 0 Å². The Morgan fingerprint density at radius 3 is 2.71 bits per heavy atom. The van der Waals surface area contributed by atoms with E-state index in [1.165, 1.54) is 16.0 Å². The molecule has 1 N–H and O–H groups in total. The number of rotatable bonds is 2. The molecule has 0 saturated carbocycles. The Morgan fingerprint density at radius 1 is 1.53 bits per heavy atom. The van der Waals surface area contributed by atoms with Crippen molar-refractivity contribution >= 4 is 34.0 Å². The molecule has 0 spiro atoms. The molecule has 0 bridgehead atoms. The molecule has 2 aromatic heterocycles. The molecule has 5 nitrogen and oxygen atoms in total. The van der Waals surface area contributed by atoms with Crippen molar-refractivity contribution in [3.8, 4) is 0 Å². The summed E-state index contributed by atoms with van der Waals surface area (Å²) in [5.41, 5.74) is 1.85. The lowest BCUT2D eigenvalue weighted by Crippen LogP contribution is -2.16. The normalized spacial score (nSPS) is 10.6. The van der Waals surface area contributed by atoms with E-state index in [2.05, 4.69) is 15.4 Å². The first-order valence-electron chi connectivity index (χ1n) is 4.91. The molecule has 0 aliphatic carbocycles. The molecule has 0 radical (unpaired) electrons. The van der Waals surface area contributed by atoms with Gasteiger partial charge >= 0.3 is 0 Å². The Bertz CT molecular complexity index is 575. The van der Waals surface area contributed by atoms with Crippen molar-refractivity contribution in [1.82, 2.24) is 14.8 Å². The molecule has 1 amide bonds. The van der Waals surface area contributed by atoms with Crippen molar-refractivity contribution in [3.05, 3.63) is 27.5 Å². The van der Waals surface area contributed by atoms with Crippen LogP contribution < -0.4 is 5.32 Å². The van der Waals surface area contributed by atoms with E-state index in [4.69, 9.17) is 11.6 Å². The summed E-state index contributed by atoms with van der Waals surface area (Å²) in [5, 5.41) is 9.58. The number of aryl methyl sites for hydroxylation is 3. The van der Waals surface area contributed by atoms with Crippen LogP contribution in [-0.2, 0) is 7.05 Å². The van der Waals surface area contributed by atoms with Crippen LogP contribution >= 0.6 is 22.9 Å². The number of hydrogen-bond donors (Lipinski definition) is 1. The van der Waals surface area contributed by atoms with Gasteiger partial charge in [0.2, 0.25) is 0 Å². The van der Waals surface area contributed by atoms with Crippen molar-refractivity contribution in [2.75, 3.05) is 5.32 Å². The van der Waals surface area contributed by atoms with Gasteiger partial charge in [-0.3, -0.25) is 14.8 Å². The fourth-order valence-corrected chi connectivity index (χ4v) is 2.38. The Labute approximate surface area is 107 Å². The predicted octanol–water partition coefficient (Wildman–Crippen LogP) is 2.40. The summed E-state index contributed by atoms with van der Waals surface area (Å²) in [6.45, 7) is 3.63. The van der Waals surface area contributed by atoms with Gasteiger partial charge in [0.15, 0.2) is 5.13 Å². The molecule has 0 atom stereocenters. The highest BCUT2D eigenvalue weighted by Crippen LogP contribution is 2.21. The van der Waals surface area contributed by atoms with Crippen molar-refractivity contribution < 1.29 is 4.79 Å². The third-order valence-corrected chi connectivity index (χ3v) is 3.53. The maximum Gasteiger partial charge on any atom is 0.277 e. The summed E-state index contributed by atoms with van der Waals surface area (Å²) < 4.78 is 1.47. The molecule has 2 aromatic rings. The molecule has 7 heteroatoms. The number of halogens is 1. The highest BCUT2D eigenvalue weighted by atomic mass is 35.5. The van der Waals surface area contributed by atoms with E-state index in [-0.39, 0.29) is 5.91 Å². The number of amides is 1. The fraction of sp³-hybridized carbons (Fsp3) is 0.300. The second-order valence-electron chi connectivity index (χ2n) is 3.62. The number of nitrogens with zero attached hydrogens (tertiary/aromatic N) is 3. The number of aromatic nitrogens is 3. The molecule has 0 unspecified atom stereocenters. The van der Waals surface area contributed by atoms with E-state index < -0.39 is 0 Å². The number of anilines is 1. The Morgan fingerprint density at radius 2 is 2.24 bits per heavy atom. The lowest BCUT2D eigenvalue weighted by atomic mass is 10.3. The molecule has 0 saturated heterocycles. The van der Waals surface area contributed by atoms with Crippen LogP contribution in [0.3, 0.4) is 0 Å². The van der Waals surface area contributed by atoms with Gasteiger partial charge in [0, 0.05) is 12.4 Å². The highest BCUT2D eigenvalue weighted by molar-refractivity contribution is 7.13. The van der Waals surface area contributed by atoms with Crippen molar-refractivity contribution in [2.45, 2.75) is 13.8 Å². The number of thiazole rings is 1. The highest BCUT2D eigenvalue weighted by Gasteiger charge is 2.19. The van der Waals surface area contributed by atoms with Crippen LogP contribution in [0, 0.1) is 13.8 Å². The molecule has 0 aliphatic heterocycles. The first-order valence-corrected chi connectivity index (χ1v) is 6.17. The van der Waals surface area contributed by atoms with Crippen LogP contribution in [0.4, 0.5) is 5.13 Å². The molecule has 0 aromatic carbocycles. The minimum atomic E-state index is -0.299. The number of carbonyl (C=O) groups excluding carboxylic acids is 1. The first kappa shape index (κ1) is 12.1. The largest absolute Gasteiger partial charge is 0.296 e. The monoisotopic (exact) mass is 270 g/mol. The standard InChI is InChI=1S/C10H11ClN4OS/c1-5-4-17-10(12-5)13-9(16)8-7(11)6(2)14-15(8)3/h4H,1-3H3,(H,12,13,16). The summed E-state index contributed by atoms with van der Waals surface area (Å²) in [7, 11) is 1.68. The molecule has 17 heavy (non-hydrogen) atoms. The molecule has 0 fully saturated rings. The summed E-state index contributed by atoms with van der Waals surface area (Å²) in [4.78, 5) is 16.1. The van der Waals surface area contributed by atoms with Crippen LogP contribution in [0.15, 0.2) is 5.38 Å². The van der Waals surface area contributed by atoms with Crippen LogP contribution in [0.1, 0.15) is 21.9 Å². The van der Waals surface area contributed by atoms with Gasteiger partial charge in [0.25, 0.3) is 5.91 Å². The van der Waals surface area contributed by atoms with E-state index in [1.807, 2.05) is 12.3 Å². The third kappa shape index (κ3) is 2.32. The van der Waals surface area contributed by atoms with Crippen molar-refractivity contribution in [2.24, 2.45) is 7.05 Å². The van der Waals surface area contributed by atoms with Gasteiger partial charge in [-0.25, -0.2) is 4.98 Å². The van der Waals surface area contributed by atoms with Gasteiger partial charge in [-0.1, -0.05) is 11.6 Å². The number of hydrogen-bond acceptors (Lipinski definition) is 4. The van der Waals surface area contributed by atoms with Gasteiger partial charge in [-0.15, -0.1) is 11.3 Å². The van der Waals surface area contributed by atoms with E-state index in [1.54, 1.807) is 14.0 Å². The third-order valence-electron chi connectivity index (χ3n) is 2.20. The average molecular weight is 271 g/mol. The van der Waals surface area contributed by atoms with E-state index in [0.717, 1.165) is 5.69 Å². The lowest BCUT2D eigenvalue weighted by molar-refractivity contribution is 0.101. The van der Waals surface area contributed by atoms with Gasteiger partial charge in [-0.2, -0.15) is 5.10 Å². The maximum absolute atomic E-state index is 12.0. The molecule has 2 rings (SSSR count). The van der Waals surface area contributed by atoms with Crippen LogP contribution in [0.25, 0.3) is 0 Å². The minimum absolute atomic E-state index is 0.299. The molecular weight excluding hydrogens is 260 g/mol. The zero-order valence-corrected chi connectivity index (χ0v) is 11.2. The van der Waals surface area contributed by atoms with Crippen LogP contribution in [0.2, 0.25) is 5.02 Å². The quantitative estimate of drug-likeness (QED) is 0.912. The van der Waals surface area contributed by atoms with E-state index in [0.29, 0.717) is 21.5 Å². The Kier molecular flexibility index (Phi) is 3.17. The second kappa shape index (κ2) is 4.46. The summed E-state index contributed by atoms with van der Waals surface area (Å²) >= 11 is 7.39. The SMILES string of the molecule is Cc1csc(NC(=O)c2c(Cl)c(C)nn2C)n1. The Hall–Kier alpha value is -1.40. The lowest BCUT2D eigenvalue weighted by Gasteiger charge is -2.02. The zero-order chi connectivity index (χ0) is 12.6. The summed E-state index contributed by atoms with van der Waals surface area (Å²) in [6, 6.07) is 0. The smallest absolute Gasteiger partial charge is 0.277 e. The zero-order valence-electron chi connectivity index (χ0n) is 9.61. The molecule has 0 aliphatic rings. The second-order valence-corrected chi connectivity index (χ2v) is 4.86.